The minimum atomic E-state index is 0. The zero-order chi connectivity index (χ0) is 17.3. The molecule has 1 aromatic carbocycles. The minimum Gasteiger partial charge on any atom is -0.469 e. The van der Waals surface area contributed by atoms with Gasteiger partial charge in [0.05, 0.1) is 18.9 Å². The van der Waals surface area contributed by atoms with Crippen molar-refractivity contribution in [1.29, 1.82) is 0 Å². The highest BCUT2D eigenvalue weighted by Crippen LogP contribution is 2.15. The lowest BCUT2D eigenvalue weighted by Crippen LogP contribution is -2.41. The molecule has 0 spiro atoms. The van der Waals surface area contributed by atoms with Crippen LogP contribution in [-0.2, 0) is 17.7 Å². The van der Waals surface area contributed by atoms with Crippen molar-refractivity contribution in [2.45, 2.75) is 31.9 Å². The van der Waals surface area contributed by atoms with E-state index in [0.717, 1.165) is 61.3 Å². The Hall–Kier alpha value is -1.25. The smallest absolute Gasteiger partial charge is 0.191 e. The number of rotatable bonds is 7. The van der Waals surface area contributed by atoms with Gasteiger partial charge in [-0.05, 0) is 36.6 Å². The molecule has 0 aliphatic carbocycles. The minimum absolute atomic E-state index is 0. The van der Waals surface area contributed by atoms with Crippen molar-refractivity contribution in [3.63, 3.8) is 0 Å². The fraction of sp³-hybridized carbons (Fsp3) is 0.421. The van der Waals surface area contributed by atoms with Gasteiger partial charge in [0.2, 0.25) is 0 Å². The molecule has 0 saturated carbocycles. The van der Waals surface area contributed by atoms with Crippen LogP contribution in [0, 0.1) is 0 Å². The van der Waals surface area contributed by atoms with Gasteiger partial charge in [0.15, 0.2) is 5.96 Å². The van der Waals surface area contributed by atoms with Gasteiger partial charge >= 0.3 is 0 Å². The van der Waals surface area contributed by atoms with Crippen LogP contribution in [0.3, 0.4) is 0 Å². The summed E-state index contributed by atoms with van der Waals surface area (Å²) >= 11 is 6.22. The molecule has 142 valence electrons. The number of halogens is 2. The lowest BCUT2D eigenvalue weighted by Gasteiger charge is -2.15. The topological polar surface area (TPSA) is 58.8 Å². The highest BCUT2D eigenvalue weighted by Gasteiger charge is 2.15. The molecule has 2 heterocycles. The molecule has 0 radical (unpaired) electrons. The summed E-state index contributed by atoms with van der Waals surface area (Å²) in [7, 11) is 0. The normalized spacial score (nSPS) is 17.0. The third-order valence-corrected chi connectivity index (χ3v) is 4.50. The maximum Gasteiger partial charge on any atom is 0.191 e. The van der Waals surface area contributed by atoms with E-state index in [9.17, 15) is 0 Å². The van der Waals surface area contributed by atoms with E-state index < -0.39 is 0 Å². The summed E-state index contributed by atoms with van der Waals surface area (Å²) in [4.78, 5) is 4.66. The van der Waals surface area contributed by atoms with Crippen molar-refractivity contribution in [1.82, 2.24) is 10.6 Å². The number of guanidine groups is 1. The third-order valence-electron chi connectivity index (χ3n) is 4.13. The molecule has 7 heteroatoms. The second-order valence-corrected chi connectivity index (χ2v) is 6.44. The molecule has 1 fully saturated rings. The number of nitrogens with zero attached hydrogens (tertiary/aromatic N) is 1. The van der Waals surface area contributed by atoms with Crippen LogP contribution in [0.5, 0.6) is 0 Å². The van der Waals surface area contributed by atoms with Crippen LogP contribution in [0.1, 0.15) is 24.2 Å². The van der Waals surface area contributed by atoms with E-state index >= 15 is 0 Å². The number of furan rings is 1. The molecule has 1 unspecified atom stereocenters. The van der Waals surface area contributed by atoms with Gasteiger partial charge in [0.25, 0.3) is 0 Å². The predicted molar refractivity (Wildman–Crippen MR) is 115 cm³/mol. The first-order valence-corrected chi connectivity index (χ1v) is 9.08. The maximum absolute atomic E-state index is 6.22. The third kappa shape index (κ3) is 6.81. The maximum atomic E-state index is 6.22. The largest absolute Gasteiger partial charge is 0.469 e. The highest BCUT2D eigenvalue weighted by molar-refractivity contribution is 14.0. The Labute approximate surface area is 176 Å². The standard InChI is InChI=1S/C19H24ClN3O2.HI/c20-18-8-2-1-5-15(18)13-22-19(23-14-17-7-4-12-25-17)21-10-9-16-6-3-11-24-16;/h1-3,5-6,8,11,17H,4,7,9-10,12-14H2,(H2,21,22,23);1H. The van der Waals surface area contributed by atoms with Gasteiger partial charge in [-0.3, -0.25) is 0 Å². The molecular weight excluding hydrogens is 465 g/mol. The number of hydrogen-bond donors (Lipinski definition) is 2. The summed E-state index contributed by atoms with van der Waals surface area (Å²) < 4.78 is 11.0. The summed E-state index contributed by atoms with van der Waals surface area (Å²) in [5.41, 5.74) is 1.01. The number of ether oxygens (including phenoxy) is 1. The molecule has 5 nitrogen and oxygen atoms in total. The first kappa shape index (κ1) is 21.1. The van der Waals surface area contributed by atoms with Crippen molar-refractivity contribution in [3.05, 3.63) is 59.0 Å². The van der Waals surface area contributed by atoms with E-state index in [2.05, 4.69) is 15.6 Å². The first-order chi connectivity index (χ1) is 12.3. The fourth-order valence-electron chi connectivity index (χ4n) is 2.74. The van der Waals surface area contributed by atoms with Gasteiger partial charge < -0.3 is 19.8 Å². The number of nitrogens with one attached hydrogen (secondary N) is 2. The molecule has 2 aromatic rings. The van der Waals surface area contributed by atoms with E-state index in [4.69, 9.17) is 20.8 Å². The van der Waals surface area contributed by atoms with Crippen molar-refractivity contribution in [2.24, 2.45) is 4.99 Å². The molecule has 0 amide bonds. The molecule has 3 rings (SSSR count). The Morgan fingerprint density at radius 1 is 1.19 bits per heavy atom. The first-order valence-electron chi connectivity index (χ1n) is 8.71. The van der Waals surface area contributed by atoms with Gasteiger partial charge in [-0.25, -0.2) is 4.99 Å². The van der Waals surface area contributed by atoms with E-state index in [1.807, 2.05) is 36.4 Å². The second-order valence-electron chi connectivity index (χ2n) is 6.03. The van der Waals surface area contributed by atoms with Crippen LogP contribution in [-0.4, -0.2) is 31.8 Å². The molecule has 1 aliphatic heterocycles. The average Bonchev–Trinajstić information content (AvgIpc) is 3.32. The quantitative estimate of drug-likeness (QED) is 0.351. The molecule has 26 heavy (non-hydrogen) atoms. The van der Waals surface area contributed by atoms with Crippen LogP contribution in [0.4, 0.5) is 0 Å². The fourth-order valence-corrected chi connectivity index (χ4v) is 2.94. The van der Waals surface area contributed by atoms with Gasteiger partial charge in [0, 0.05) is 31.1 Å². The second kappa shape index (κ2) is 11.5. The van der Waals surface area contributed by atoms with Crippen LogP contribution in [0.2, 0.25) is 5.02 Å². The van der Waals surface area contributed by atoms with Gasteiger partial charge in [-0.1, -0.05) is 29.8 Å². The van der Waals surface area contributed by atoms with Crippen LogP contribution in [0.15, 0.2) is 52.1 Å². The number of benzene rings is 1. The number of hydrogen-bond acceptors (Lipinski definition) is 3. The van der Waals surface area contributed by atoms with Crippen LogP contribution >= 0.6 is 35.6 Å². The lowest BCUT2D eigenvalue weighted by atomic mass is 10.2. The van der Waals surface area contributed by atoms with Gasteiger partial charge in [0.1, 0.15) is 5.76 Å². The molecule has 1 aliphatic rings. The Morgan fingerprint density at radius 2 is 2.08 bits per heavy atom. The van der Waals surface area contributed by atoms with Crippen LogP contribution < -0.4 is 10.6 Å². The Bertz CT molecular complexity index is 673. The summed E-state index contributed by atoms with van der Waals surface area (Å²) in [6, 6.07) is 11.6. The van der Waals surface area contributed by atoms with Crippen molar-refractivity contribution in [2.75, 3.05) is 19.7 Å². The van der Waals surface area contributed by atoms with E-state index in [1.54, 1.807) is 6.26 Å². The molecule has 2 N–H and O–H groups in total. The molecule has 0 bridgehead atoms. The zero-order valence-corrected chi connectivity index (χ0v) is 17.7. The molecule has 1 saturated heterocycles. The van der Waals surface area contributed by atoms with Gasteiger partial charge in [-0.15, -0.1) is 24.0 Å². The molecule has 1 aromatic heterocycles. The molecule has 1 atom stereocenters. The Morgan fingerprint density at radius 3 is 2.81 bits per heavy atom. The Balaban J connectivity index is 0.00000243. The van der Waals surface area contributed by atoms with Crippen LogP contribution in [0.25, 0.3) is 0 Å². The van der Waals surface area contributed by atoms with Crippen molar-refractivity contribution >= 4 is 41.5 Å². The van der Waals surface area contributed by atoms with Crippen molar-refractivity contribution in [3.8, 4) is 0 Å². The average molecular weight is 490 g/mol. The lowest BCUT2D eigenvalue weighted by molar-refractivity contribution is 0.114. The van der Waals surface area contributed by atoms with E-state index in [-0.39, 0.29) is 30.1 Å². The van der Waals surface area contributed by atoms with Gasteiger partial charge in [-0.2, -0.15) is 0 Å². The van der Waals surface area contributed by atoms with Crippen molar-refractivity contribution < 1.29 is 9.15 Å². The Kier molecular flexibility index (Phi) is 9.28. The SMILES string of the molecule is Clc1ccccc1CN=C(NCCc1ccco1)NCC1CCCO1.I. The van der Waals surface area contributed by atoms with E-state index in [1.165, 1.54) is 0 Å². The predicted octanol–water partition coefficient (Wildman–Crippen LogP) is 4.01. The zero-order valence-electron chi connectivity index (χ0n) is 14.6. The monoisotopic (exact) mass is 489 g/mol. The van der Waals surface area contributed by atoms with E-state index in [0.29, 0.717) is 6.54 Å². The summed E-state index contributed by atoms with van der Waals surface area (Å²) in [5.74, 6) is 1.72. The highest BCUT2D eigenvalue weighted by atomic mass is 127. The number of aliphatic imine (C=N–C) groups is 1. The summed E-state index contributed by atoms with van der Waals surface area (Å²) in [5, 5.41) is 7.46. The summed E-state index contributed by atoms with van der Waals surface area (Å²) in [6.45, 7) is 2.88. The molecular formula is C19H25ClIN3O2. The summed E-state index contributed by atoms with van der Waals surface area (Å²) in [6.07, 6.45) is 4.98.